The Hall–Kier alpha value is -2.65. The van der Waals surface area contributed by atoms with Crippen LogP contribution in [0.1, 0.15) is 5.56 Å². The Labute approximate surface area is 114 Å². The second-order valence-corrected chi connectivity index (χ2v) is 3.73. The quantitative estimate of drug-likeness (QED) is 0.494. The van der Waals surface area contributed by atoms with Crippen LogP contribution in [0.4, 0.5) is 17.8 Å². The van der Waals surface area contributed by atoms with Crippen LogP contribution in [0.3, 0.4) is 0 Å². The maximum atomic E-state index is 8.77. The summed E-state index contributed by atoms with van der Waals surface area (Å²) in [4.78, 5) is 11.4. The second-order valence-electron chi connectivity index (χ2n) is 3.73. The van der Waals surface area contributed by atoms with E-state index >= 15 is 0 Å². The number of aromatic nitrogens is 3. The zero-order chi connectivity index (χ0) is 14.4. The number of nitrogens with zero attached hydrogens (tertiary/aromatic N) is 3. The number of methoxy groups -OCH3 is 1. The van der Waals surface area contributed by atoms with Crippen LogP contribution >= 0.6 is 0 Å². The minimum atomic E-state index is -0.0891. The number of ether oxygens (including phenoxy) is 1. The topological polar surface area (TPSA) is 124 Å². The molecule has 0 fully saturated rings. The number of anilines is 3. The summed E-state index contributed by atoms with van der Waals surface area (Å²) in [5.41, 5.74) is 4.56. The summed E-state index contributed by atoms with van der Waals surface area (Å²) < 4.78 is 5.07. The Morgan fingerprint density at radius 2 is 1.50 bits per heavy atom. The Balaban J connectivity index is 2.05. The fourth-order valence-corrected chi connectivity index (χ4v) is 1.48. The van der Waals surface area contributed by atoms with Crippen LogP contribution in [-0.4, -0.2) is 32.5 Å². The van der Waals surface area contributed by atoms with Gasteiger partial charge in [-0.3, -0.25) is 10.4 Å². The van der Waals surface area contributed by atoms with E-state index in [-0.39, 0.29) is 17.8 Å². The predicted octanol–water partition coefficient (Wildman–Crippen LogP) is 1.09. The molecular formula is C11H14N6O3. The van der Waals surface area contributed by atoms with Gasteiger partial charge >= 0.3 is 0 Å². The Kier molecular flexibility index (Phi) is 4.47. The second kappa shape index (κ2) is 6.50. The molecule has 0 atom stereocenters. The molecule has 1 aromatic heterocycles. The lowest BCUT2D eigenvalue weighted by Gasteiger charge is -2.08. The summed E-state index contributed by atoms with van der Waals surface area (Å²) in [5, 5.41) is 20.5. The van der Waals surface area contributed by atoms with E-state index in [0.717, 1.165) is 11.3 Å². The highest BCUT2D eigenvalue weighted by molar-refractivity contribution is 5.40. The van der Waals surface area contributed by atoms with E-state index in [2.05, 4.69) is 20.3 Å². The van der Waals surface area contributed by atoms with Crippen LogP contribution in [0.15, 0.2) is 24.3 Å². The minimum absolute atomic E-state index is 0.0891. The van der Waals surface area contributed by atoms with Crippen molar-refractivity contribution in [2.24, 2.45) is 0 Å². The van der Waals surface area contributed by atoms with Crippen LogP contribution in [0.5, 0.6) is 5.75 Å². The normalized spacial score (nSPS) is 9.95. The molecule has 9 heteroatoms. The number of hydrogen-bond donors (Lipinski definition) is 5. The predicted molar refractivity (Wildman–Crippen MR) is 71.0 cm³/mol. The molecule has 0 aliphatic rings. The van der Waals surface area contributed by atoms with Gasteiger partial charge in [-0.25, -0.2) is 11.0 Å². The molecule has 0 bridgehead atoms. The maximum Gasteiger partial charge on any atom is 0.253 e. The molecule has 9 nitrogen and oxygen atoms in total. The molecule has 1 heterocycles. The molecule has 0 aliphatic heterocycles. The van der Waals surface area contributed by atoms with Crippen LogP contribution in [-0.2, 0) is 6.54 Å². The molecule has 0 radical (unpaired) electrons. The minimum Gasteiger partial charge on any atom is -0.497 e. The Bertz CT molecular complexity index is 540. The van der Waals surface area contributed by atoms with Gasteiger partial charge in [0, 0.05) is 6.54 Å². The molecule has 0 unspecified atom stereocenters. The van der Waals surface area contributed by atoms with E-state index in [4.69, 9.17) is 15.2 Å². The van der Waals surface area contributed by atoms with Crippen LogP contribution in [0.2, 0.25) is 0 Å². The summed E-state index contributed by atoms with van der Waals surface area (Å²) >= 11 is 0. The van der Waals surface area contributed by atoms with Crippen molar-refractivity contribution in [3.8, 4) is 5.75 Å². The summed E-state index contributed by atoms with van der Waals surface area (Å²) in [6, 6.07) is 7.46. The van der Waals surface area contributed by atoms with Gasteiger partial charge in [0.1, 0.15) is 5.75 Å². The smallest absolute Gasteiger partial charge is 0.253 e. The fourth-order valence-electron chi connectivity index (χ4n) is 1.48. The molecule has 0 amide bonds. The standard InChI is InChI=1S/C11H14N6O3/c1-20-8-4-2-7(3-5-8)6-12-9-13-10(16-18)15-11(14-9)17-19/h2-5,18-19H,6H2,1H3,(H3,12,13,14,15,16,17). The van der Waals surface area contributed by atoms with Gasteiger partial charge in [0.2, 0.25) is 5.95 Å². The Morgan fingerprint density at radius 3 is 2.00 bits per heavy atom. The van der Waals surface area contributed by atoms with E-state index in [1.165, 1.54) is 0 Å². The number of hydrogen-bond acceptors (Lipinski definition) is 9. The van der Waals surface area contributed by atoms with E-state index < -0.39 is 0 Å². The highest BCUT2D eigenvalue weighted by Gasteiger charge is 2.05. The lowest BCUT2D eigenvalue weighted by atomic mass is 10.2. The largest absolute Gasteiger partial charge is 0.497 e. The van der Waals surface area contributed by atoms with E-state index in [1.807, 2.05) is 24.3 Å². The van der Waals surface area contributed by atoms with Crippen molar-refractivity contribution in [3.05, 3.63) is 29.8 Å². The number of nitrogens with one attached hydrogen (secondary N) is 3. The van der Waals surface area contributed by atoms with Crippen molar-refractivity contribution in [1.29, 1.82) is 0 Å². The monoisotopic (exact) mass is 278 g/mol. The van der Waals surface area contributed by atoms with Crippen molar-refractivity contribution < 1.29 is 15.2 Å². The Morgan fingerprint density at radius 1 is 0.950 bits per heavy atom. The number of rotatable bonds is 6. The van der Waals surface area contributed by atoms with Crippen molar-refractivity contribution in [1.82, 2.24) is 15.0 Å². The van der Waals surface area contributed by atoms with E-state index in [1.54, 1.807) is 18.1 Å². The van der Waals surface area contributed by atoms with Gasteiger partial charge in [0.25, 0.3) is 11.9 Å². The fraction of sp³-hybridized carbons (Fsp3) is 0.182. The van der Waals surface area contributed by atoms with Gasteiger partial charge in [-0.15, -0.1) is 0 Å². The van der Waals surface area contributed by atoms with Crippen molar-refractivity contribution in [3.63, 3.8) is 0 Å². The average Bonchev–Trinajstić information content (AvgIpc) is 2.53. The first-order valence-electron chi connectivity index (χ1n) is 5.68. The SMILES string of the molecule is COc1ccc(CNc2nc(NO)nc(NO)n2)cc1. The summed E-state index contributed by atoms with van der Waals surface area (Å²) in [7, 11) is 1.60. The summed E-state index contributed by atoms with van der Waals surface area (Å²) in [6.07, 6.45) is 0. The highest BCUT2D eigenvalue weighted by Crippen LogP contribution is 2.13. The molecule has 2 rings (SSSR count). The third-order valence-electron chi connectivity index (χ3n) is 2.45. The molecule has 1 aromatic carbocycles. The number of benzene rings is 1. The van der Waals surface area contributed by atoms with Crippen LogP contribution < -0.4 is 21.0 Å². The molecular weight excluding hydrogens is 264 g/mol. The molecule has 5 N–H and O–H groups in total. The van der Waals surface area contributed by atoms with Gasteiger partial charge in [0.05, 0.1) is 7.11 Å². The van der Waals surface area contributed by atoms with Gasteiger partial charge in [0.15, 0.2) is 0 Å². The first-order valence-corrected chi connectivity index (χ1v) is 5.68. The maximum absolute atomic E-state index is 8.77. The van der Waals surface area contributed by atoms with Gasteiger partial charge in [-0.1, -0.05) is 12.1 Å². The summed E-state index contributed by atoms with van der Waals surface area (Å²) in [5.74, 6) is 0.791. The highest BCUT2D eigenvalue weighted by atomic mass is 16.5. The lowest BCUT2D eigenvalue weighted by Crippen LogP contribution is -2.09. The average molecular weight is 278 g/mol. The van der Waals surface area contributed by atoms with Crippen molar-refractivity contribution >= 4 is 17.8 Å². The molecule has 2 aromatic rings. The van der Waals surface area contributed by atoms with Crippen LogP contribution in [0.25, 0.3) is 0 Å². The van der Waals surface area contributed by atoms with E-state index in [0.29, 0.717) is 6.54 Å². The molecule has 0 saturated carbocycles. The van der Waals surface area contributed by atoms with Gasteiger partial charge < -0.3 is 10.1 Å². The molecule has 0 spiro atoms. The summed E-state index contributed by atoms with van der Waals surface area (Å²) in [6.45, 7) is 0.462. The molecule has 0 aliphatic carbocycles. The molecule has 20 heavy (non-hydrogen) atoms. The third kappa shape index (κ3) is 3.43. The zero-order valence-corrected chi connectivity index (χ0v) is 10.7. The van der Waals surface area contributed by atoms with Gasteiger partial charge in [-0.05, 0) is 17.7 Å². The third-order valence-corrected chi connectivity index (χ3v) is 2.45. The lowest BCUT2D eigenvalue weighted by molar-refractivity contribution is 0.375. The van der Waals surface area contributed by atoms with Crippen molar-refractivity contribution in [2.45, 2.75) is 6.54 Å². The zero-order valence-electron chi connectivity index (χ0n) is 10.7. The first-order chi connectivity index (χ1) is 9.75. The first kappa shape index (κ1) is 13.8. The van der Waals surface area contributed by atoms with Gasteiger partial charge in [-0.2, -0.15) is 15.0 Å². The molecule has 106 valence electrons. The molecule has 0 saturated heterocycles. The van der Waals surface area contributed by atoms with E-state index in [9.17, 15) is 0 Å². The van der Waals surface area contributed by atoms with Crippen LogP contribution in [0, 0.1) is 0 Å². The van der Waals surface area contributed by atoms with Crippen molar-refractivity contribution in [2.75, 3.05) is 23.4 Å².